The van der Waals surface area contributed by atoms with Gasteiger partial charge < -0.3 is 14.5 Å². The van der Waals surface area contributed by atoms with Crippen molar-refractivity contribution in [2.45, 2.75) is 50.9 Å². The second-order valence-electron chi connectivity index (χ2n) is 10.9. The first-order chi connectivity index (χ1) is 21.0. The number of rotatable bonds is 12. The molecule has 1 saturated heterocycles. The van der Waals surface area contributed by atoms with Gasteiger partial charge >= 0.3 is 0 Å². The van der Waals surface area contributed by atoms with E-state index < -0.39 is 0 Å². The lowest BCUT2D eigenvalue weighted by molar-refractivity contribution is -0.146. The van der Waals surface area contributed by atoms with Crippen LogP contribution in [0, 0.1) is 6.92 Å². The molecule has 1 atom stereocenters. The Balaban J connectivity index is 1.06. The van der Waals surface area contributed by atoms with Gasteiger partial charge in [-0.2, -0.15) is 0 Å². The molecule has 2 heterocycles. The SMILES string of the molecule is Cc1ccc(-c2nnc(SCCCCC(=O)N3CCN(C(=O)COCc4ccccc4)C(C)C3)n2-c2ccccc2)cc1. The Morgan fingerprint density at radius 3 is 2.33 bits per heavy atom. The minimum absolute atomic E-state index is 0.0264. The van der Waals surface area contributed by atoms with E-state index in [-0.39, 0.29) is 24.5 Å². The van der Waals surface area contributed by atoms with Crippen LogP contribution < -0.4 is 0 Å². The summed E-state index contributed by atoms with van der Waals surface area (Å²) in [6.45, 7) is 6.19. The Hall–Kier alpha value is -3.95. The first kappa shape index (κ1) is 30.5. The van der Waals surface area contributed by atoms with E-state index in [0.717, 1.165) is 46.4 Å². The Morgan fingerprint density at radius 1 is 0.884 bits per heavy atom. The molecule has 5 rings (SSSR count). The van der Waals surface area contributed by atoms with Crippen molar-refractivity contribution in [3.8, 4) is 17.1 Å². The average Bonchev–Trinajstić information content (AvgIpc) is 3.45. The number of hydrogen-bond acceptors (Lipinski definition) is 6. The van der Waals surface area contributed by atoms with Gasteiger partial charge in [0.15, 0.2) is 11.0 Å². The third-order valence-corrected chi connectivity index (χ3v) is 8.63. The van der Waals surface area contributed by atoms with Gasteiger partial charge in [0.25, 0.3) is 0 Å². The van der Waals surface area contributed by atoms with E-state index >= 15 is 0 Å². The minimum Gasteiger partial charge on any atom is -0.367 e. The molecule has 9 heteroatoms. The second-order valence-corrected chi connectivity index (χ2v) is 12.0. The lowest BCUT2D eigenvalue weighted by atomic mass is 10.1. The van der Waals surface area contributed by atoms with Crippen molar-refractivity contribution >= 4 is 23.6 Å². The number of amides is 2. The Morgan fingerprint density at radius 2 is 1.60 bits per heavy atom. The predicted octanol–water partition coefficient (Wildman–Crippen LogP) is 5.78. The van der Waals surface area contributed by atoms with E-state index in [1.807, 2.05) is 65.3 Å². The molecule has 1 unspecified atom stereocenters. The quantitative estimate of drug-likeness (QED) is 0.152. The number of thioether (sulfide) groups is 1. The van der Waals surface area contributed by atoms with E-state index in [1.165, 1.54) is 5.56 Å². The molecule has 1 aromatic heterocycles. The molecule has 8 nitrogen and oxygen atoms in total. The van der Waals surface area contributed by atoms with Crippen LogP contribution in [-0.2, 0) is 20.9 Å². The molecule has 0 radical (unpaired) electrons. The zero-order valence-corrected chi connectivity index (χ0v) is 25.7. The van der Waals surface area contributed by atoms with Crippen LogP contribution in [0.1, 0.15) is 37.3 Å². The smallest absolute Gasteiger partial charge is 0.248 e. The number of piperazine rings is 1. The zero-order valence-electron chi connectivity index (χ0n) is 24.9. The highest BCUT2D eigenvalue weighted by Crippen LogP contribution is 2.29. The number of unbranched alkanes of at least 4 members (excludes halogenated alkanes) is 1. The first-order valence-electron chi connectivity index (χ1n) is 14.9. The standard InChI is InChI=1S/C34H39N5O3S/c1-26-16-18-29(19-17-26)33-35-36-34(39(33)30-13-7-4-8-14-30)43-22-10-9-15-31(40)37-20-21-38(27(2)23-37)32(41)25-42-24-28-11-5-3-6-12-28/h3-8,11-14,16-19,27H,9-10,15,20-25H2,1-2H3. The van der Waals surface area contributed by atoms with Crippen LogP contribution in [0.4, 0.5) is 0 Å². The minimum atomic E-state index is -0.0341. The molecule has 1 aliphatic heterocycles. The number of nitrogens with zero attached hydrogens (tertiary/aromatic N) is 5. The maximum atomic E-state index is 13.0. The molecule has 0 aliphatic carbocycles. The van der Waals surface area contributed by atoms with Gasteiger partial charge in [-0.15, -0.1) is 10.2 Å². The van der Waals surface area contributed by atoms with Crippen LogP contribution in [0.2, 0.25) is 0 Å². The van der Waals surface area contributed by atoms with E-state index in [4.69, 9.17) is 4.74 Å². The van der Waals surface area contributed by atoms with Gasteiger partial charge in [0.1, 0.15) is 6.61 Å². The largest absolute Gasteiger partial charge is 0.367 e. The van der Waals surface area contributed by atoms with Gasteiger partial charge in [-0.3, -0.25) is 14.2 Å². The van der Waals surface area contributed by atoms with Crippen molar-refractivity contribution in [1.29, 1.82) is 0 Å². The summed E-state index contributed by atoms with van der Waals surface area (Å²) in [6, 6.07) is 28.3. The number of aromatic nitrogens is 3. The maximum Gasteiger partial charge on any atom is 0.248 e. The predicted molar refractivity (Wildman–Crippen MR) is 170 cm³/mol. The van der Waals surface area contributed by atoms with Crippen LogP contribution >= 0.6 is 11.8 Å². The van der Waals surface area contributed by atoms with E-state index in [1.54, 1.807) is 11.8 Å². The fraction of sp³-hybridized carbons (Fsp3) is 0.353. The number of carbonyl (C=O) groups is 2. The lowest BCUT2D eigenvalue weighted by Crippen LogP contribution is -2.56. The van der Waals surface area contributed by atoms with Crippen LogP contribution in [0.15, 0.2) is 90.1 Å². The van der Waals surface area contributed by atoms with Crippen molar-refractivity contribution < 1.29 is 14.3 Å². The molecule has 4 aromatic rings. The molecule has 224 valence electrons. The third kappa shape index (κ3) is 8.12. The van der Waals surface area contributed by atoms with Crippen LogP contribution in [0.5, 0.6) is 0 Å². The number of ether oxygens (including phenoxy) is 1. The summed E-state index contributed by atoms with van der Waals surface area (Å²) in [5.41, 5.74) is 4.29. The maximum absolute atomic E-state index is 13.0. The fourth-order valence-electron chi connectivity index (χ4n) is 5.23. The molecule has 0 spiro atoms. The van der Waals surface area contributed by atoms with Crippen molar-refractivity contribution in [3.05, 3.63) is 96.1 Å². The van der Waals surface area contributed by atoms with Gasteiger partial charge in [0, 0.05) is 49.1 Å². The fourth-order valence-corrected chi connectivity index (χ4v) is 6.18. The molecule has 1 fully saturated rings. The summed E-state index contributed by atoms with van der Waals surface area (Å²) in [7, 11) is 0. The molecular formula is C34H39N5O3S. The summed E-state index contributed by atoms with van der Waals surface area (Å²) in [5, 5.41) is 9.90. The Labute approximate surface area is 258 Å². The molecule has 1 aliphatic rings. The highest BCUT2D eigenvalue weighted by molar-refractivity contribution is 7.99. The van der Waals surface area contributed by atoms with Crippen molar-refractivity contribution in [3.63, 3.8) is 0 Å². The summed E-state index contributed by atoms with van der Waals surface area (Å²) < 4.78 is 7.75. The van der Waals surface area contributed by atoms with Crippen molar-refractivity contribution in [1.82, 2.24) is 24.6 Å². The molecule has 0 bridgehead atoms. The number of carbonyl (C=O) groups excluding carboxylic acids is 2. The highest BCUT2D eigenvalue weighted by Gasteiger charge is 2.29. The van der Waals surface area contributed by atoms with E-state index in [0.29, 0.717) is 32.7 Å². The summed E-state index contributed by atoms with van der Waals surface area (Å²) >= 11 is 1.67. The molecule has 2 amide bonds. The molecule has 0 saturated carbocycles. The average molecular weight is 598 g/mol. The zero-order chi connectivity index (χ0) is 30.0. The first-order valence-corrected chi connectivity index (χ1v) is 15.9. The van der Waals surface area contributed by atoms with Gasteiger partial charge in [0.2, 0.25) is 11.8 Å². The number of para-hydroxylation sites is 1. The molecular weight excluding hydrogens is 558 g/mol. The molecule has 43 heavy (non-hydrogen) atoms. The van der Waals surface area contributed by atoms with Gasteiger partial charge in [-0.05, 0) is 44.4 Å². The van der Waals surface area contributed by atoms with Gasteiger partial charge in [-0.25, -0.2) is 0 Å². The number of benzene rings is 3. The monoisotopic (exact) mass is 597 g/mol. The van der Waals surface area contributed by atoms with Crippen molar-refractivity contribution in [2.75, 3.05) is 32.0 Å². The van der Waals surface area contributed by atoms with E-state index in [2.05, 4.69) is 58.1 Å². The van der Waals surface area contributed by atoms with Gasteiger partial charge in [-0.1, -0.05) is 90.1 Å². The summed E-state index contributed by atoms with van der Waals surface area (Å²) in [6.07, 6.45) is 2.20. The Kier molecular flexibility index (Phi) is 10.6. The number of hydrogen-bond donors (Lipinski definition) is 0. The van der Waals surface area contributed by atoms with Crippen LogP contribution in [0.3, 0.4) is 0 Å². The lowest BCUT2D eigenvalue weighted by Gasteiger charge is -2.40. The van der Waals surface area contributed by atoms with Crippen LogP contribution in [-0.4, -0.2) is 74.4 Å². The topological polar surface area (TPSA) is 80.6 Å². The summed E-state index contributed by atoms with van der Waals surface area (Å²) in [5.74, 6) is 1.78. The van der Waals surface area contributed by atoms with Gasteiger partial charge in [0.05, 0.1) is 6.61 Å². The van der Waals surface area contributed by atoms with Crippen LogP contribution in [0.25, 0.3) is 17.1 Å². The third-order valence-electron chi connectivity index (χ3n) is 7.61. The van der Waals surface area contributed by atoms with Crippen molar-refractivity contribution in [2.24, 2.45) is 0 Å². The number of aryl methyl sites for hydroxylation is 1. The second kappa shape index (κ2) is 15.0. The normalized spacial score (nSPS) is 15.1. The highest BCUT2D eigenvalue weighted by atomic mass is 32.2. The molecule has 0 N–H and O–H groups in total. The molecule has 3 aromatic carbocycles. The summed E-state index contributed by atoms with van der Waals surface area (Å²) in [4.78, 5) is 29.4. The Bertz CT molecular complexity index is 1480. The van der Waals surface area contributed by atoms with E-state index in [9.17, 15) is 9.59 Å².